The van der Waals surface area contributed by atoms with Crippen molar-refractivity contribution in [3.63, 3.8) is 0 Å². The van der Waals surface area contributed by atoms with Crippen LogP contribution in [0.25, 0.3) is 0 Å². The summed E-state index contributed by atoms with van der Waals surface area (Å²) in [7, 11) is 0. The van der Waals surface area contributed by atoms with Crippen LogP contribution in [-0.2, 0) is 0 Å². The van der Waals surface area contributed by atoms with E-state index in [1.165, 1.54) is 25.7 Å². The Morgan fingerprint density at radius 3 is 2.92 bits per heavy atom. The van der Waals surface area contributed by atoms with E-state index in [-0.39, 0.29) is 29.6 Å². The van der Waals surface area contributed by atoms with Gasteiger partial charge in [-0.3, -0.25) is 0 Å². The Labute approximate surface area is 103 Å². The van der Waals surface area contributed by atoms with Gasteiger partial charge in [-0.05, 0) is 37.0 Å². The molecule has 0 spiro atoms. The first kappa shape index (κ1) is 11.6. The molecule has 1 saturated carbocycles. The van der Waals surface area contributed by atoms with Gasteiger partial charge in [0.05, 0.1) is 0 Å². The van der Waals surface area contributed by atoms with E-state index in [2.05, 4.69) is 6.92 Å². The van der Waals surface area contributed by atoms with Crippen LogP contribution in [0.4, 0.5) is 0 Å². The van der Waals surface area contributed by atoms with Crippen molar-refractivity contribution in [2.45, 2.75) is 45.4 Å². The molecule has 2 atom stereocenters. The van der Waals surface area contributed by atoms with Crippen LogP contribution in [0.5, 0.6) is 0 Å². The summed E-state index contributed by atoms with van der Waals surface area (Å²) >= 11 is 0. The van der Waals surface area contributed by atoms with Crippen molar-refractivity contribution in [3.05, 3.63) is 11.8 Å². The molecule has 0 radical (unpaired) electrons. The zero-order chi connectivity index (χ0) is 8.60. The molecule has 0 aromatic heterocycles. The summed E-state index contributed by atoms with van der Waals surface area (Å²) in [6.07, 6.45) is 9.21. The van der Waals surface area contributed by atoms with E-state index in [4.69, 9.17) is 0 Å². The van der Waals surface area contributed by atoms with Crippen molar-refractivity contribution in [1.82, 2.24) is 0 Å². The Bertz CT molecular complexity index is 212. The summed E-state index contributed by atoms with van der Waals surface area (Å²) in [4.78, 5) is 0. The topological polar surface area (TPSA) is 23.1 Å². The van der Waals surface area contributed by atoms with Gasteiger partial charge in [-0.1, -0.05) is 25.8 Å². The van der Waals surface area contributed by atoms with Gasteiger partial charge in [0.1, 0.15) is 0 Å². The molecule has 1 fully saturated rings. The number of rotatable bonds is 0. The van der Waals surface area contributed by atoms with Crippen molar-refractivity contribution in [3.8, 4) is 0 Å². The van der Waals surface area contributed by atoms with E-state index in [0.717, 1.165) is 12.8 Å². The molecular formula is C11H17NaO. The molecule has 68 valence electrons. The first-order valence-electron chi connectivity index (χ1n) is 5.08. The van der Waals surface area contributed by atoms with Crippen LogP contribution < -0.4 is 34.7 Å². The van der Waals surface area contributed by atoms with Crippen LogP contribution >= 0.6 is 0 Å². The Morgan fingerprint density at radius 2 is 2.15 bits per heavy atom. The predicted molar refractivity (Wildman–Crippen MR) is 47.4 cm³/mol. The molecule has 0 N–H and O–H groups in total. The third-order valence-electron chi connectivity index (χ3n) is 3.74. The summed E-state index contributed by atoms with van der Waals surface area (Å²) in [6.45, 7) is 2.36. The fourth-order valence-electron chi connectivity index (χ4n) is 2.74. The van der Waals surface area contributed by atoms with Gasteiger partial charge in [-0.25, -0.2) is 0 Å². The van der Waals surface area contributed by atoms with E-state index in [9.17, 15) is 5.11 Å². The quantitative estimate of drug-likeness (QED) is 0.458. The first-order valence-corrected chi connectivity index (χ1v) is 5.08. The number of fused-ring (bicyclic) bond motifs is 1. The Balaban J connectivity index is 0.000000845. The SMILES string of the molecule is C[C@@]12CCCC[C@H]1C=C([O-])CC2.[Na+]. The fourth-order valence-corrected chi connectivity index (χ4v) is 2.74. The van der Waals surface area contributed by atoms with E-state index in [1.54, 1.807) is 0 Å². The number of hydrogen-bond acceptors (Lipinski definition) is 1. The predicted octanol–water partition coefficient (Wildman–Crippen LogP) is -0.775. The monoisotopic (exact) mass is 188 g/mol. The molecule has 0 bridgehead atoms. The molecule has 0 aromatic rings. The summed E-state index contributed by atoms with van der Waals surface area (Å²) in [6, 6.07) is 0. The molecule has 2 heteroatoms. The average Bonchev–Trinajstić information content (AvgIpc) is 2.06. The normalized spacial score (nSPS) is 38.5. The molecule has 0 heterocycles. The maximum absolute atomic E-state index is 11.2. The van der Waals surface area contributed by atoms with Gasteiger partial charge in [0.2, 0.25) is 0 Å². The van der Waals surface area contributed by atoms with Crippen LogP contribution in [0.1, 0.15) is 45.4 Å². The minimum Gasteiger partial charge on any atom is -0.876 e. The fraction of sp³-hybridized carbons (Fsp3) is 0.818. The third kappa shape index (κ3) is 2.31. The maximum Gasteiger partial charge on any atom is 1.00 e. The number of hydrogen-bond donors (Lipinski definition) is 0. The molecule has 2 aliphatic carbocycles. The van der Waals surface area contributed by atoms with Gasteiger partial charge in [0.25, 0.3) is 0 Å². The van der Waals surface area contributed by atoms with E-state index in [0.29, 0.717) is 17.1 Å². The van der Waals surface area contributed by atoms with Crippen LogP contribution in [0.15, 0.2) is 11.8 Å². The van der Waals surface area contributed by atoms with Crippen molar-refractivity contribution in [1.29, 1.82) is 0 Å². The Morgan fingerprint density at radius 1 is 1.38 bits per heavy atom. The minimum atomic E-state index is 0. The average molecular weight is 188 g/mol. The molecule has 13 heavy (non-hydrogen) atoms. The molecule has 0 saturated heterocycles. The summed E-state index contributed by atoms with van der Waals surface area (Å²) in [5.41, 5.74) is 0.478. The molecule has 2 rings (SSSR count). The van der Waals surface area contributed by atoms with Crippen molar-refractivity contribution < 1.29 is 34.7 Å². The molecule has 0 amide bonds. The zero-order valence-electron chi connectivity index (χ0n) is 8.81. The molecule has 0 aliphatic heterocycles. The second kappa shape index (κ2) is 4.37. The molecular weight excluding hydrogens is 171 g/mol. The van der Waals surface area contributed by atoms with Crippen molar-refractivity contribution >= 4 is 0 Å². The van der Waals surface area contributed by atoms with Gasteiger partial charge in [0, 0.05) is 0 Å². The Hall–Kier alpha value is 0.540. The van der Waals surface area contributed by atoms with Crippen LogP contribution in [0.3, 0.4) is 0 Å². The molecule has 1 nitrogen and oxygen atoms in total. The number of allylic oxidation sites excluding steroid dienone is 2. The van der Waals surface area contributed by atoms with Crippen molar-refractivity contribution in [2.75, 3.05) is 0 Å². The van der Waals surface area contributed by atoms with Crippen LogP contribution in [-0.4, -0.2) is 0 Å². The second-order valence-electron chi connectivity index (χ2n) is 4.64. The van der Waals surface area contributed by atoms with Gasteiger partial charge >= 0.3 is 29.6 Å². The van der Waals surface area contributed by atoms with E-state index in [1.807, 2.05) is 6.08 Å². The molecule has 2 aliphatic rings. The van der Waals surface area contributed by atoms with E-state index < -0.39 is 0 Å². The maximum atomic E-state index is 11.2. The van der Waals surface area contributed by atoms with E-state index >= 15 is 0 Å². The van der Waals surface area contributed by atoms with Gasteiger partial charge in [-0.2, -0.15) is 0 Å². The summed E-state index contributed by atoms with van der Waals surface area (Å²) in [5, 5.41) is 11.2. The largest absolute Gasteiger partial charge is 1.00 e. The second-order valence-corrected chi connectivity index (χ2v) is 4.64. The molecule has 0 unspecified atom stereocenters. The first-order chi connectivity index (χ1) is 5.71. The van der Waals surface area contributed by atoms with Gasteiger partial charge in [-0.15, -0.1) is 5.76 Å². The molecule has 0 aromatic carbocycles. The minimum absolute atomic E-state index is 0. The van der Waals surface area contributed by atoms with Crippen LogP contribution in [0, 0.1) is 11.3 Å². The van der Waals surface area contributed by atoms with Crippen LogP contribution in [0.2, 0.25) is 0 Å². The smallest absolute Gasteiger partial charge is 0.876 e. The summed E-state index contributed by atoms with van der Waals surface area (Å²) < 4.78 is 0. The van der Waals surface area contributed by atoms with Gasteiger partial charge < -0.3 is 5.11 Å². The zero-order valence-corrected chi connectivity index (χ0v) is 10.8. The third-order valence-corrected chi connectivity index (χ3v) is 3.74. The van der Waals surface area contributed by atoms with Gasteiger partial charge in [0.15, 0.2) is 0 Å². The summed E-state index contributed by atoms with van der Waals surface area (Å²) in [5.74, 6) is 0.992. The van der Waals surface area contributed by atoms with Crippen molar-refractivity contribution in [2.24, 2.45) is 11.3 Å². The Kier molecular flexibility index (Phi) is 3.91. The standard InChI is InChI=1S/C11H18O.Na/c1-11-6-3-2-4-9(11)8-10(12)5-7-11;/h8-9,12H,2-7H2,1H3;/q;+1/p-1/t9-,11-;/m0./s1.